The number of thiol groups is 1. The van der Waals surface area contributed by atoms with Gasteiger partial charge in [-0.1, -0.05) is 32.1 Å². The Morgan fingerprint density at radius 2 is 1.70 bits per heavy atom. The molecule has 2 saturated heterocycles. The predicted octanol–water partition coefficient (Wildman–Crippen LogP) is 3.43. The van der Waals surface area contributed by atoms with Crippen LogP contribution in [0.5, 0.6) is 0 Å². The van der Waals surface area contributed by atoms with Gasteiger partial charge in [0.2, 0.25) is 0 Å². The second-order valence-corrected chi connectivity index (χ2v) is 7.81. The molecule has 0 amide bonds. The minimum absolute atomic E-state index is 0.524. The highest BCUT2D eigenvalue weighted by Gasteiger charge is 2.35. The lowest BCUT2D eigenvalue weighted by Crippen LogP contribution is -2.56. The van der Waals surface area contributed by atoms with Crippen LogP contribution in [0.4, 0.5) is 0 Å². The molecule has 1 unspecified atom stereocenters. The Hall–Kier alpha value is 0.270. The molecule has 1 aliphatic carbocycles. The van der Waals surface area contributed by atoms with Crippen molar-refractivity contribution in [1.82, 2.24) is 9.80 Å². The monoisotopic (exact) mass is 296 g/mol. The van der Waals surface area contributed by atoms with E-state index in [1.54, 1.807) is 0 Å². The van der Waals surface area contributed by atoms with Crippen LogP contribution in [0, 0.1) is 5.41 Å². The summed E-state index contributed by atoms with van der Waals surface area (Å²) in [7, 11) is 0. The third-order valence-corrected chi connectivity index (χ3v) is 6.65. The minimum atomic E-state index is 0.524. The van der Waals surface area contributed by atoms with Crippen LogP contribution in [0.2, 0.25) is 0 Å². The van der Waals surface area contributed by atoms with Crippen LogP contribution in [0.15, 0.2) is 0 Å². The molecule has 116 valence electrons. The molecule has 1 saturated carbocycles. The lowest BCUT2D eigenvalue weighted by molar-refractivity contribution is 0.0267. The standard InChI is InChI=1S/C17H32N2S/c20-15-17(8-4-1-2-5-9-17)14-18-11-12-19-10-6-3-7-16(19)13-18/h16,20H,1-15H2. The van der Waals surface area contributed by atoms with Gasteiger partial charge >= 0.3 is 0 Å². The van der Waals surface area contributed by atoms with Gasteiger partial charge in [0, 0.05) is 32.2 Å². The van der Waals surface area contributed by atoms with E-state index in [0.29, 0.717) is 5.41 Å². The molecule has 0 spiro atoms. The zero-order chi connectivity index (χ0) is 13.8. The van der Waals surface area contributed by atoms with Crippen molar-refractivity contribution in [3.05, 3.63) is 0 Å². The quantitative estimate of drug-likeness (QED) is 0.630. The molecule has 2 aliphatic heterocycles. The molecule has 0 bridgehead atoms. The van der Waals surface area contributed by atoms with Crippen LogP contribution in [0.1, 0.15) is 57.8 Å². The van der Waals surface area contributed by atoms with Gasteiger partial charge in [-0.05, 0) is 43.4 Å². The zero-order valence-electron chi connectivity index (χ0n) is 13.0. The molecule has 3 aliphatic rings. The molecule has 0 aromatic carbocycles. The first-order valence-electron chi connectivity index (χ1n) is 8.89. The summed E-state index contributed by atoms with van der Waals surface area (Å²) in [5, 5.41) is 0. The summed E-state index contributed by atoms with van der Waals surface area (Å²) in [6, 6.07) is 0.861. The van der Waals surface area contributed by atoms with Crippen molar-refractivity contribution in [2.75, 3.05) is 38.5 Å². The van der Waals surface area contributed by atoms with Crippen molar-refractivity contribution >= 4 is 12.6 Å². The van der Waals surface area contributed by atoms with Crippen LogP contribution < -0.4 is 0 Å². The molecule has 0 N–H and O–H groups in total. The third kappa shape index (κ3) is 3.53. The smallest absolute Gasteiger partial charge is 0.0223 e. The van der Waals surface area contributed by atoms with E-state index in [4.69, 9.17) is 12.6 Å². The Morgan fingerprint density at radius 1 is 0.900 bits per heavy atom. The van der Waals surface area contributed by atoms with Gasteiger partial charge in [0.1, 0.15) is 0 Å². The first kappa shape index (κ1) is 15.2. The Balaban J connectivity index is 1.58. The molecule has 0 radical (unpaired) electrons. The van der Waals surface area contributed by atoms with Gasteiger partial charge in [-0.15, -0.1) is 0 Å². The molecule has 2 nitrogen and oxygen atoms in total. The second kappa shape index (κ2) is 7.02. The number of piperidine rings is 1. The van der Waals surface area contributed by atoms with E-state index in [0.717, 1.165) is 11.8 Å². The fourth-order valence-electron chi connectivity index (χ4n) is 4.68. The summed E-state index contributed by atoms with van der Waals surface area (Å²) in [5.74, 6) is 1.10. The molecule has 3 fully saturated rings. The van der Waals surface area contributed by atoms with E-state index in [1.165, 1.54) is 90.5 Å². The van der Waals surface area contributed by atoms with Gasteiger partial charge in [0.15, 0.2) is 0 Å². The van der Waals surface area contributed by atoms with E-state index >= 15 is 0 Å². The van der Waals surface area contributed by atoms with Crippen molar-refractivity contribution in [3.8, 4) is 0 Å². The van der Waals surface area contributed by atoms with E-state index in [-0.39, 0.29) is 0 Å². The summed E-state index contributed by atoms with van der Waals surface area (Å²) in [5.41, 5.74) is 0.524. The van der Waals surface area contributed by atoms with E-state index in [9.17, 15) is 0 Å². The largest absolute Gasteiger partial charge is 0.300 e. The summed E-state index contributed by atoms with van der Waals surface area (Å²) in [4.78, 5) is 5.54. The van der Waals surface area contributed by atoms with Gasteiger partial charge in [0.05, 0.1) is 0 Å². The van der Waals surface area contributed by atoms with Crippen LogP contribution >= 0.6 is 12.6 Å². The predicted molar refractivity (Wildman–Crippen MR) is 89.6 cm³/mol. The number of hydrogen-bond donors (Lipinski definition) is 1. The van der Waals surface area contributed by atoms with Gasteiger partial charge in [-0.3, -0.25) is 9.80 Å². The summed E-state index contributed by atoms with van der Waals surface area (Å²) >= 11 is 4.75. The Labute approximate surface area is 130 Å². The Morgan fingerprint density at radius 3 is 2.45 bits per heavy atom. The van der Waals surface area contributed by atoms with Gasteiger partial charge < -0.3 is 0 Å². The average Bonchev–Trinajstić information content (AvgIpc) is 2.73. The third-order valence-electron chi connectivity index (χ3n) is 5.98. The molecule has 3 heteroatoms. The maximum absolute atomic E-state index is 4.75. The lowest BCUT2D eigenvalue weighted by Gasteiger charge is -2.47. The summed E-state index contributed by atoms with van der Waals surface area (Å²) in [6.07, 6.45) is 12.9. The fraction of sp³-hybridized carbons (Fsp3) is 1.00. The Bertz CT molecular complexity index is 299. The van der Waals surface area contributed by atoms with Gasteiger partial charge in [0.25, 0.3) is 0 Å². The first-order chi connectivity index (χ1) is 9.81. The SMILES string of the molecule is SCC1(CN2CCN3CCCCC3C2)CCCCCC1. The van der Waals surface area contributed by atoms with Crippen LogP contribution in [-0.2, 0) is 0 Å². The minimum Gasteiger partial charge on any atom is -0.300 e. The number of piperazine rings is 1. The van der Waals surface area contributed by atoms with Crippen molar-refractivity contribution in [2.45, 2.75) is 63.8 Å². The molecule has 1 atom stereocenters. The fourth-order valence-corrected chi connectivity index (χ4v) is 5.10. The highest BCUT2D eigenvalue weighted by Crippen LogP contribution is 2.37. The molecule has 2 heterocycles. The summed E-state index contributed by atoms with van der Waals surface area (Å²) < 4.78 is 0. The average molecular weight is 297 g/mol. The van der Waals surface area contributed by atoms with Crippen molar-refractivity contribution < 1.29 is 0 Å². The second-order valence-electron chi connectivity index (χ2n) is 7.49. The van der Waals surface area contributed by atoms with E-state index < -0.39 is 0 Å². The van der Waals surface area contributed by atoms with E-state index in [2.05, 4.69) is 9.80 Å². The normalized spacial score (nSPS) is 32.5. The zero-order valence-corrected chi connectivity index (χ0v) is 13.9. The van der Waals surface area contributed by atoms with Crippen molar-refractivity contribution in [1.29, 1.82) is 0 Å². The van der Waals surface area contributed by atoms with Crippen molar-refractivity contribution in [2.24, 2.45) is 5.41 Å². The summed E-state index contributed by atoms with van der Waals surface area (Å²) in [6.45, 7) is 6.62. The number of rotatable bonds is 3. The molecule has 20 heavy (non-hydrogen) atoms. The lowest BCUT2D eigenvalue weighted by atomic mass is 9.81. The molecular weight excluding hydrogens is 264 g/mol. The molecule has 0 aromatic heterocycles. The van der Waals surface area contributed by atoms with Crippen LogP contribution in [-0.4, -0.2) is 54.3 Å². The maximum atomic E-state index is 4.75. The Kier molecular flexibility index (Phi) is 5.33. The number of hydrogen-bond acceptors (Lipinski definition) is 3. The highest BCUT2D eigenvalue weighted by molar-refractivity contribution is 7.80. The molecular formula is C17H32N2S. The van der Waals surface area contributed by atoms with Crippen LogP contribution in [0.3, 0.4) is 0 Å². The maximum Gasteiger partial charge on any atom is 0.0223 e. The van der Waals surface area contributed by atoms with Gasteiger partial charge in [-0.2, -0.15) is 12.6 Å². The van der Waals surface area contributed by atoms with Crippen LogP contribution in [0.25, 0.3) is 0 Å². The van der Waals surface area contributed by atoms with E-state index in [1.807, 2.05) is 0 Å². The number of fused-ring (bicyclic) bond motifs is 1. The molecule has 3 rings (SSSR count). The van der Waals surface area contributed by atoms with Gasteiger partial charge in [-0.25, -0.2) is 0 Å². The first-order valence-corrected chi connectivity index (χ1v) is 9.52. The van der Waals surface area contributed by atoms with Crippen molar-refractivity contribution in [3.63, 3.8) is 0 Å². The topological polar surface area (TPSA) is 6.48 Å². The number of nitrogens with zero attached hydrogens (tertiary/aromatic N) is 2. The highest BCUT2D eigenvalue weighted by atomic mass is 32.1. The molecule has 0 aromatic rings.